The first-order chi connectivity index (χ1) is 8.49. The predicted molar refractivity (Wildman–Crippen MR) is 67.9 cm³/mol. The van der Waals surface area contributed by atoms with Crippen LogP contribution in [0, 0.1) is 5.82 Å². The maximum atomic E-state index is 13.0. The van der Waals surface area contributed by atoms with Crippen molar-refractivity contribution in [1.29, 1.82) is 0 Å². The van der Waals surface area contributed by atoms with E-state index in [-0.39, 0.29) is 29.3 Å². The van der Waals surface area contributed by atoms with Gasteiger partial charge >= 0.3 is 5.97 Å². The van der Waals surface area contributed by atoms with E-state index < -0.39 is 5.97 Å². The van der Waals surface area contributed by atoms with Crippen molar-refractivity contribution >= 4 is 23.6 Å². The predicted octanol–water partition coefficient (Wildman–Crippen LogP) is 1.82. The first kappa shape index (κ1) is 14.5. The van der Waals surface area contributed by atoms with E-state index in [1.54, 1.807) is 19.1 Å². The summed E-state index contributed by atoms with van der Waals surface area (Å²) >= 11 is 1.02. The summed E-state index contributed by atoms with van der Waals surface area (Å²) < 4.78 is 13.0. The number of carboxylic acids is 1. The highest BCUT2D eigenvalue weighted by Gasteiger charge is 2.10. The molecule has 1 aromatic carbocycles. The molecule has 1 amide bonds. The molecular weight excluding hydrogens is 257 g/mol. The van der Waals surface area contributed by atoms with E-state index in [1.807, 2.05) is 0 Å². The molecule has 6 heteroatoms. The van der Waals surface area contributed by atoms with Gasteiger partial charge in [-0.05, 0) is 24.6 Å². The van der Waals surface area contributed by atoms with Crippen molar-refractivity contribution in [3.63, 3.8) is 0 Å². The summed E-state index contributed by atoms with van der Waals surface area (Å²) in [4.78, 5) is 21.7. The van der Waals surface area contributed by atoms with Crippen LogP contribution in [0.25, 0.3) is 0 Å². The van der Waals surface area contributed by atoms with Crippen LogP contribution in [0.5, 0.6) is 0 Å². The van der Waals surface area contributed by atoms with Gasteiger partial charge in [0.2, 0.25) is 5.91 Å². The summed E-state index contributed by atoms with van der Waals surface area (Å²) in [7, 11) is 0. The van der Waals surface area contributed by atoms with Gasteiger partial charge in [0.15, 0.2) is 0 Å². The Labute approximate surface area is 109 Å². The number of carbonyl (C=O) groups excluding carboxylic acids is 1. The van der Waals surface area contributed by atoms with Crippen LogP contribution in [-0.4, -0.2) is 28.5 Å². The van der Waals surface area contributed by atoms with Gasteiger partial charge in [-0.15, -0.1) is 11.8 Å². The average molecular weight is 271 g/mol. The Hall–Kier alpha value is -1.56. The Morgan fingerprint density at radius 2 is 2.17 bits per heavy atom. The second-order valence-corrected chi connectivity index (χ2v) is 4.72. The second kappa shape index (κ2) is 7.00. The number of hydrogen-bond donors (Lipinski definition) is 2. The summed E-state index contributed by atoms with van der Waals surface area (Å²) in [5.41, 5.74) is 0.673. The fourth-order valence-electron chi connectivity index (χ4n) is 1.37. The zero-order valence-corrected chi connectivity index (χ0v) is 10.7. The Morgan fingerprint density at radius 1 is 1.44 bits per heavy atom. The molecule has 0 aliphatic heterocycles. The first-order valence-electron chi connectivity index (χ1n) is 5.33. The number of halogens is 1. The quantitative estimate of drug-likeness (QED) is 0.828. The van der Waals surface area contributed by atoms with E-state index >= 15 is 0 Å². The van der Waals surface area contributed by atoms with Gasteiger partial charge in [-0.3, -0.25) is 9.59 Å². The Bertz CT molecular complexity index is 439. The van der Waals surface area contributed by atoms with Crippen LogP contribution in [0.3, 0.4) is 0 Å². The molecule has 4 nitrogen and oxygen atoms in total. The lowest BCUT2D eigenvalue weighted by atomic mass is 10.1. The average Bonchev–Trinajstić information content (AvgIpc) is 2.28. The normalized spacial score (nSPS) is 11.9. The Balaban J connectivity index is 2.42. The summed E-state index contributed by atoms with van der Waals surface area (Å²) in [5.74, 6) is -1.61. The van der Waals surface area contributed by atoms with Gasteiger partial charge in [-0.1, -0.05) is 12.1 Å². The lowest BCUT2D eigenvalue weighted by molar-refractivity contribution is -0.133. The minimum atomic E-state index is -0.953. The summed E-state index contributed by atoms with van der Waals surface area (Å²) in [5, 5.41) is 11.1. The van der Waals surface area contributed by atoms with Gasteiger partial charge in [-0.25, -0.2) is 4.39 Å². The van der Waals surface area contributed by atoms with E-state index in [4.69, 9.17) is 5.11 Å². The Kier molecular flexibility index (Phi) is 5.64. The minimum absolute atomic E-state index is 0.0754. The number of hydrogen-bond acceptors (Lipinski definition) is 3. The number of benzene rings is 1. The van der Waals surface area contributed by atoms with E-state index in [0.717, 1.165) is 11.8 Å². The molecule has 0 spiro atoms. The van der Waals surface area contributed by atoms with Gasteiger partial charge in [-0.2, -0.15) is 0 Å². The van der Waals surface area contributed by atoms with Crippen molar-refractivity contribution in [2.45, 2.75) is 13.0 Å². The van der Waals surface area contributed by atoms with Crippen LogP contribution in [0.4, 0.5) is 4.39 Å². The molecule has 0 aromatic heterocycles. The molecule has 0 fully saturated rings. The van der Waals surface area contributed by atoms with Crippen LogP contribution in [0.15, 0.2) is 24.3 Å². The van der Waals surface area contributed by atoms with E-state index in [9.17, 15) is 14.0 Å². The van der Waals surface area contributed by atoms with Crippen LogP contribution < -0.4 is 5.32 Å². The SMILES string of the molecule is C[C@H](NC(=O)CSCC(=O)O)c1cccc(F)c1. The molecule has 98 valence electrons. The molecule has 18 heavy (non-hydrogen) atoms. The number of carbonyl (C=O) groups is 2. The van der Waals surface area contributed by atoms with E-state index in [2.05, 4.69) is 5.32 Å². The van der Waals surface area contributed by atoms with Crippen LogP contribution in [0.2, 0.25) is 0 Å². The fraction of sp³-hybridized carbons (Fsp3) is 0.333. The number of thioether (sulfide) groups is 1. The highest BCUT2D eigenvalue weighted by molar-refractivity contribution is 8.00. The molecule has 0 unspecified atom stereocenters. The highest BCUT2D eigenvalue weighted by atomic mass is 32.2. The monoisotopic (exact) mass is 271 g/mol. The molecule has 1 aromatic rings. The molecule has 2 N–H and O–H groups in total. The molecule has 0 saturated carbocycles. The molecule has 1 atom stereocenters. The number of amides is 1. The van der Waals surface area contributed by atoms with Crippen LogP contribution in [-0.2, 0) is 9.59 Å². The van der Waals surface area contributed by atoms with Crippen molar-refractivity contribution in [3.05, 3.63) is 35.6 Å². The largest absolute Gasteiger partial charge is 0.481 e. The lowest BCUT2D eigenvalue weighted by Gasteiger charge is -2.14. The maximum absolute atomic E-state index is 13.0. The zero-order valence-electron chi connectivity index (χ0n) is 9.85. The van der Waals surface area contributed by atoms with Crippen molar-refractivity contribution in [1.82, 2.24) is 5.32 Å². The van der Waals surface area contributed by atoms with Crippen molar-refractivity contribution in [3.8, 4) is 0 Å². The summed E-state index contributed by atoms with van der Waals surface area (Å²) in [6.07, 6.45) is 0. The van der Waals surface area contributed by atoms with Crippen LogP contribution in [0.1, 0.15) is 18.5 Å². The van der Waals surface area contributed by atoms with Gasteiger partial charge < -0.3 is 10.4 Å². The minimum Gasteiger partial charge on any atom is -0.481 e. The summed E-state index contributed by atoms with van der Waals surface area (Å²) in [6.45, 7) is 1.74. The number of carboxylic acid groups (broad SMARTS) is 1. The fourth-order valence-corrected chi connectivity index (χ4v) is 1.92. The van der Waals surface area contributed by atoms with Gasteiger partial charge in [0, 0.05) is 0 Å². The number of aliphatic carboxylic acids is 1. The molecule has 0 saturated heterocycles. The molecule has 0 aliphatic rings. The molecule has 0 aliphatic carbocycles. The third kappa shape index (κ3) is 5.18. The van der Waals surface area contributed by atoms with Crippen molar-refractivity contribution in [2.24, 2.45) is 0 Å². The zero-order chi connectivity index (χ0) is 13.5. The second-order valence-electron chi connectivity index (χ2n) is 3.73. The molecular formula is C12H14FNO3S. The topological polar surface area (TPSA) is 66.4 Å². The smallest absolute Gasteiger partial charge is 0.313 e. The highest BCUT2D eigenvalue weighted by Crippen LogP contribution is 2.13. The molecule has 0 radical (unpaired) electrons. The van der Waals surface area contributed by atoms with Crippen molar-refractivity contribution in [2.75, 3.05) is 11.5 Å². The van der Waals surface area contributed by atoms with Gasteiger partial charge in [0.1, 0.15) is 5.82 Å². The van der Waals surface area contributed by atoms with Gasteiger partial charge in [0.05, 0.1) is 17.5 Å². The molecule has 0 bridgehead atoms. The summed E-state index contributed by atoms with van der Waals surface area (Å²) in [6, 6.07) is 5.68. The number of rotatable bonds is 6. The van der Waals surface area contributed by atoms with E-state index in [0.29, 0.717) is 5.56 Å². The van der Waals surface area contributed by atoms with Gasteiger partial charge in [0.25, 0.3) is 0 Å². The third-order valence-corrected chi connectivity index (χ3v) is 3.10. The maximum Gasteiger partial charge on any atom is 0.313 e. The van der Waals surface area contributed by atoms with Crippen molar-refractivity contribution < 1.29 is 19.1 Å². The lowest BCUT2D eigenvalue weighted by Crippen LogP contribution is -2.28. The molecule has 1 rings (SSSR count). The standard InChI is InChI=1S/C12H14FNO3S/c1-8(9-3-2-4-10(13)5-9)14-11(15)6-18-7-12(16)17/h2-5,8H,6-7H2,1H3,(H,14,15)(H,16,17)/t8-/m0/s1. The first-order valence-corrected chi connectivity index (χ1v) is 6.49. The third-order valence-electron chi connectivity index (χ3n) is 2.18. The van der Waals surface area contributed by atoms with E-state index in [1.165, 1.54) is 12.1 Å². The Morgan fingerprint density at radius 3 is 2.78 bits per heavy atom. The molecule has 0 heterocycles. The number of nitrogens with one attached hydrogen (secondary N) is 1. The van der Waals surface area contributed by atoms with Crippen LogP contribution >= 0.6 is 11.8 Å².